The Morgan fingerprint density at radius 2 is 2.05 bits per heavy atom. The lowest BCUT2D eigenvalue weighted by atomic mass is 10.2. The van der Waals surface area contributed by atoms with Gasteiger partial charge in [-0.15, -0.1) is 0 Å². The smallest absolute Gasteiger partial charge is 0.147 e. The molecule has 0 radical (unpaired) electrons. The van der Waals surface area contributed by atoms with Gasteiger partial charge in [-0.1, -0.05) is 42.5 Å². The Kier molecular flexibility index (Phi) is 4.68. The van der Waals surface area contributed by atoms with Crippen LogP contribution in [0.1, 0.15) is 30.1 Å². The zero-order valence-corrected chi connectivity index (χ0v) is 13.4. The Balaban J connectivity index is 1.59. The van der Waals surface area contributed by atoms with Crippen LogP contribution in [0.2, 0.25) is 0 Å². The number of rotatable bonds is 5. The lowest BCUT2D eigenvalue weighted by molar-refractivity contribution is 0.248. The summed E-state index contributed by atoms with van der Waals surface area (Å²) in [6, 6.07) is 11.1. The lowest BCUT2D eigenvalue weighted by Crippen LogP contribution is -2.33. The fraction of sp³-hybridized carbons (Fsp3) is 0.444. The minimum atomic E-state index is 0.570. The number of likely N-dealkylation sites (tertiary alicyclic amines) is 1. The van der Waals surface area contributed by atoms with Crippen molar-refractivity contribution in [2.24, 2.45) is 0 Å². The van der Waals surface area contributed by atoms with E-state index in [1.165, 1.54) is 24.9 Å². The molecule has 0 N–H and O–H groups in total. The summed E-state index contributed by atoms with van der Waals surface area (Å²) in [6.07, 6.45) is 7.00. The van der Waals surface area contributed by atoms with Gasteiger partial charge in [-0.25, -0.2) is 9.67 Å². The molecule has 1 saturated heterocycles. The topological polar surface area (TPSA) is 34.0 Å². The first-order valence-electron chi connectivity index (χ1n) is 8.06. The van der Waals surface area contributed by atoms with Gasteiger partial charge >= 0.3 is 0 Å². The Morgan fingerprint density at radius 1 is 1.23 bits per heavy atom. The summed E-state index contributed by atoms with van der Waals surface area (Å²) < 4.78 is 2.05. The Labute approximate surface area is 132 Å². The van der Waals surface area contributed by atoms with E-state index in [0.717, 1.165) is 24.7 Å². The van der Waals surface area contributed by atoms with Crippen molar-refractivity contribution in [1.29, 1.82) is 0 Å². The lowest BCUT2D eigenvalue weighted by Gasteiger charge is -2.23. The molecule has 0 amide bonds. The molecule has 2 aromatic rings. The molecule has 0 aliphatic carbocycles. The van der Waals surface area contributed by atoms with Gasteiger partial charge in [0.2, 0.25) is 0 Å². The Bertz CT molecular complexity index is 630. The summed E-state index contributed by atoms with van der Waals surface area (Å²) in [4.78, 5) is 6.95. The second kappa shape index (κ2) is 6.88. The highest BCUT2D eigenvalue weighted by molar-refractivity contribution is 5.48. The largest absolute Gasteiger partial charge is 0.295 e. The standard InChI is InChI=1S/C18H24N4/c1-15-19-16(2)22(20-15)14-18-11-7-13-21(18)12-6-10-17-8-4-3-5-9-17/h3-6,8-10,18H,7,11-14H2,1-2H3. The molecule has 1 aromatic carbocycles. The van der Waals surface area contributed by atoms with Gasteiger partial charge in [-0.05, 0) is 38.8 Å². The van der Waals surface area contributed by atoms with E-state index in [0.29, 0.717) is 6.04 Å². The quantitative estimate of drug-likeness (QED) is 0.850. The van der Waals surface area contributed by atoms with Gasteiger partial charge in [0.05, 0.1) is 6.54 Å². The van der Waals surface area contributed by atoms with Crippen molar-refractivity contribution in [2.45, 2.75) is 39.3 Å². The third kappa shape index (κ3) is 3.63. The van der Waals surface area contributed by atoms with Crippen LogP contribution in [0.15, 0.2) is 36.4 Å². The normalized spacial score (nSPS) is 19.3. The first-order valence-corrected chi connectivity index (χ1v) is 8.06. The minimum absolute atomic E-state index is 0.570. The molecule has 0 spiro atoms. The predicted molar refractivity (Wildman–Crippen MR) is 89.6 cm³/mol. The van der Waals surface area contributed by atoms with E-state index in [1.54, 1.807) is 0 Å². The molecule has 1 fully saturated rings. The van der Waals surface area contributed by atoms with E-state index in [4.69, 9.17) is 0 Å². The molecule has 1 aromatic heterocycles. The molecular weight excluding hydrogens is 272 g/mol. The van der Waals surface area contributed by atoms with Gasteiger partial charge in [0.1, 0.15) is 11.6 Å². The summed E-state index contributed by atoms with van der Waals surface area (Å²) in [6.45, 7) is 7.13. The molecule has 22 heavy (non-hydrogen) atoms. The first-order chi connectivity index (χ1) is 10.7. The molecule has 4 nitrogen and oxygen atoms in total. The molecular formula is C18H24N4. The SMILES string of the molecule is Cc1nc(C)n(CC2CCCN2CC=Cc2ccccc2)n1. The highest BCUT2D eigenvalue weighted by atomic mass is 15.4. The number of hydrogen-bond acceptors (Lipinski definition) is 3. The molecule has 1 atom stereocenters. The average molecular weight is 296 g/mol. The Morgan fingerprint density at radius 3 is 2.77 bits per heavy atom. The fourth-order valence-electron chi connectivity index (χ4n) is 3.16. The van der Waals surface area contributed by atoms with Crippen LogP contribution < -0.4 is 0 Å². The summed E-state index contributed by atoms with van der Waals surface area (Å²) in [5.41, 5.74) is 1.26. The molecule has 116 valence electrons. The van der Waals surface area contributed by atoms with Crippen LogP contribution in [-0.4, -0.2) is 38.8 Å². The van der Waals surface area contributed by atoms with E-state index in [1.807, 2.05) is 13.8 Å². The number of nitrogens with zero attached hydrogens (tertiary/aromatic N) is 4. The summed E-state index contributed by atoms with van der Waals surface area (Å²) >= 11 is 0. The highest BCUT2D eigenvalue weighted by Gasteiger charge is 2.24. The van der Waals surface area contributed by atoms with Crippen LogP contribution >= 0.6 is 0 Å². The van der Waals surface area contributed by atoms with Gasteiger partial charge in [0.25, 0.3) is 0 Å². The van der Waals surface area contributed by atoms with Crippen molar-refractivity contribution in [2.75, 3.05) is 13.1 Å². The zero-order chi connectivity index (χ0) is 15.4. The van der Waals surface area contributed by atoms with Crippen molar-refractivity contribution < 1.29 is 0 Å². The highest BCUT2D eigenvalue weighted by Crippen LogP contribution is 2.19. The van der Waals surface area contributed by atoms with Crippen LogP contribution in [0.5, 0.6) is 0 Å². The molecule has 0 bridgehead atoms. The number of hydrogen-bond donors (Lipinski definition) is 0. The van der Waals surface area contributed by atoms with Crippen molar-refractivity contribution in [1.82, 2.24) is 19.7 Å². The van der Waals surface area contributed by atoms with Gasteiger partial charge in [-0.2, -0.15) is 5.10 Å². The predicted octanol–water partition coefficient (Wildman–Crippen LogP) is 3.07. The zero-order valence-electron chi connectivity index (χ0n) is 13.4. The van der Waals surface area contributed by atoms with E-state index in [2.05, 4.69) is 62.1 Å². The monoisotopic (exact) mass is 296 g/mol. The maximum Gasteiger partial charge on any atom is 0.147 e. The van der Waals surface area contributed by atoms with Crippen molar-refractivity contribution in [3.8, 4) is 0 Å². The Hall–Kier alpha value is -1.94. The maximum absolute atomic E-state index is 4.50. The van der Waals surface area contributed by atoms with Crippen molar-refractivity contribution >= 4 is 6.08 Å². The molecule has 0 saturated carbocycles. The fourth-order valence-corrected chi connectivity index (χ4v) is 3.16. The van der Waals surface area contributed by atoms with Gasteiger partial charge in [0, 0.05) is 12.6 Å². The van der Waals surface area contributed by atoms with Gasteiger partial charge in [0.15, 0.2) is 0 Å². The molecule has 1 aliphatic heterocycles. The van der Waals surface area contributed by atoms with Crippen LogP contribution in [0.4, 0.5) is 0 Å². The van der Waals surface area contributed by atoms with Crippen LogP contribution in [-0.2, 0) is 6.54 Å². The first kappa shape index (κ1) is 15.0. The summed E-state index contributed by atoms with van der Waals surface area (Å²) in [7, 11) is 0. The second-order valence-electron chi connectivity index (χ2n) is 5.99. The van der Waals surface area contributed by atoms with E-state index in [9.17, 15) is 0 Å². The molecule has 1 aliphatic rings. The van der Waals surface area contributed by atoms with E-state index in [-0.39, 0.29) is 0 Å². The van der Waals surface area contributed by atoms with Gasteiger partial charge < -0.3 is 0 Å². The van der Waals surface area contributed by atoms with Crippen molar-refractivity contribution in [3.63, 3.8) is 0 Å². The van der Waals surface area contributed by atoms with Crippen LogP contribution in [0, 0.1) is 13.8 Å². The third-order valence-electron chi connectivity index (χ3n) is 4.30. The summed E-state index contributed by atoms with van der Waals surface area (Å²) in [5.74, 6) is 1.88. The second-order valence-corrected chi connectivity index (χ2v) is 5.99. The molecule has 3 rings (SSSR count). The van der Waals surface area contributed by atoms with Crippen LogP contribution in [0.3, 0.4) is 0 Å². The number of benzene rings is 1. The van der Waals surface area contributed by atoms with E-state index < -0.39 is 0 Å². The third-order valence-corrected chi connectivity index (χ3v) is 4.30. The number of aryl methyl sites for hydroxylation is 2. The van der Waals surface area contributed by atoms with Crippen molar-refractivity contribution in [3.05, 3.63) is 53.6 Å². The van der Waals surface area contributed by atoms with Crippen LogP contribution in [0.25, 0.3) is 6.08 Å². The molecule has 4 heteroatoms. The molecule has 1 unspecified atom stereocenters. The average Bonchev–Trinajstić information content (AvgIpc) is 3.07. The van der Waals surface area contributed by atoms with E-state index >= 15 is 0 Å². The molecule has 2 heterocycles. The minimum Gasteiger partial charge on any atom is -0.295 e. The number of aromatic nitrogens is 3. The summed E-state index contributed by atoms with van der Waals surface area (Å²) in [5, 5.41) is 4.50. The van der Waals surface area contributed by atoms with Gasteiger partial charge in [-0.3, -0.25) is 4.90 Å². The maximum atomic E-state index is 4.50.